The normalized spacial score (nSPS) is 15.2. The van der Waals surface area contributed by atoms with Gasteiger partial charge in [-0.1, -0.05) is 18.2 Å². The molecule has 1 aliphatic carbocycles. The summed E-state index contributed by atoms with van der Waals surface area (Å²) in [6.07, 6.45) is 2.65. The van der Waals surface area contributed by atoms with Crippen molar-refractivity contribution >= 4 is 0 Å². The smallest absolute Gasteiger partial charge is 0.123 e. The first kappa shape index (κ1) is 12.4. The Morgan fingerprint density at radius 1 is 1.29 bits per heavy atom. The highest BCUT2D eigenvalue weighted by molar-refractivity contribution is 5.33. The molecule has 0 heterocycles. The van der Waals surface area contributed by atoms with Crippen LogP contribution in [0.15, 0.2) is 24.3 Å². The van der Waals surface area contributed by atoms with Gasteiger partial charge in [-0.05, 0) is 33.0 Å². The second-order valence-electron chi connectivity index (χ2n) is 4.91. The van der Waals surface area contributed by atoms with Crippen molar-refractivity contribution in [2.45, 2.75) is 25.4 Å². The number of hydrogen-bond acceptors (Lipinski definition) is 3. The Kier molecular flexibility index (Phi) is 4.40. The van der Waals surface area contributed by atoms with Crippen LogP contribution in [-0.2, 0) is 6.54 Å². The van der Waals surface area contributed by atoms with E-state index in [1.807, 2.05) is 6.07 Å². The summed E-state index contributed by atoms with van der Waals surface area (Å²) in [7, 11) is 4.12. The zero-order valence-electron chi connectivity index (χ0n) is 10.8. The molecule has 17 heavy (non-hydrogen) atoms. The predicted molar refractivity (Wildman–Crippen MR) is 70.4 cm³/mol. The lowest BCUT2D eigenvalue weighted by Crippen LogP contribution is -2.20. The van der Waals surface area contributed by atoms with Crippen LogP contribution in [0.3, 0.4) is 0 Å². The molecule has 0 amide bonds. The standard InChI is InChI=1S/C14H22N2O/c1-16(2)9-10-17-14-6-4-3-5-12(14)11-15-13-7-8-13/h3-6,13,15H,7-11H2,1-2H3. The van der Waals surface area contributed by atoms with Gasteiger partial charge in [-0.15, -0.1) is 0 Å². The van der Waals surface area contributed by atoms with Gasteiger partial charge < -0.3 is 15.0 Å². The minimum Gasteiger partial charge on any atom is -0.492 e. The molecule has 1 aromatic rings. The van der Waals surface area contributed by atoms with Crippen LogP contribution in [0.5, 0.6) is 5.75 Å². The van der Waals surface area contributed by atoms with Crippen molar-refractivity contribution in [2.24, 2.45) is 0 Å². The highest BCUT2D eigenvalue weighted by atomic mass is 16.5. The van der Waals surface area contributed by atoms with E-state index in [-0.39, 0.29) is 0 Å². The molecule has 0 bridgehead atoms. The zero-order chi connectivity index (χ0) is 12.1. The lowest BCUT2D eigenvalue weighted by atomic mass is 10.2. The minimum absolute atomic E-state index is 0.741. The van der Waals surface area contributed by atoms with E-state index in [1.54, 1.807) is 0 Å². The van der Waals surface area contributed by atoms with Crippen molar-refractivity contribution in [2.75, 3.05) is 27.2 Å². The molecular weight excluding hydrogens is 212 g/mol. The lowest BCUT2D eigenvalue weighted by Gasteiger charge is -2.14. The second-order valence-corrected chi connectivity index (χ2v) is 4.91. The van der Waals surface area contributed by atoms with Crippen molar-refractivity contribution < 1.29 is 4.74 Å². The van der Waals surface area contributed by atoms with Crippen LogP contribution in [0.4, 0.5) is 0 Å². The Morgan fingerprint density at radius 2 is 2.06 bits per heavy atom. The molecule has 0 radical (unpaired) electrons. The number of hydrogen-bond donors (Lipinski definition) is 1. The summed E-state index contributed by atoms with van der Waals surface area (Å²) in [6.45, 7) is 2.61. The van der Waals surface area contributed by atoms with Gasteiger partial charge in [-0.25, -0.2) is 0 Å². The molecule has 1 fully saturated rings. The third-order valence-corrected chi connectivity index (χ3v) is 2.93. The Bertz CT molecular complexity index is 348. The van der Waals surface area contributed by atoms with E-state index < -0.39 is 0 Å². The number of likely N-dealkylation sites (N-methyl/N-ethyl adjacent to an activating group) is 1. The molecule has 0 aromatic heterocycles. The number of para-hydroxylation sites is 1. The molecular formula is C14H22N2O. The Labute approximate surface area is 104 Å². The molecule has 0 saturated heterocycles. The topological polar surface area (TPSA) is 24.5 Å². The summed E-state index contributed by atoms with van der Waals surface area (Å²) < 4.78 is 5.82. The average Bonchev–Trinajstić information content (AvgIpc) is 3.11. The number of rotatable bonds is 7. The maximum atomic E-state index is 5.82. The first-order valence-electron chi connectivity index (χ1n) is 6.34. The first-order valence-corrected chi connectivity index (χ1v) is 6.34. The van der Waals surface area contributed by atoms with Crippen LogP contribution in [0, 0.1) is 0 Å². The largest absolute Gasteiger partial charge is 0.492 e. The Hall–Kier alpha value is -1.06. The maximum absolute atomic E-state index is 5.82. The van der Waals surface area contributed by atoms with Crippen LogP contribution < -0.4 is 10.1 Å². The quantitative estimate of drug-likeness (QED) is 0.779. The maximum Gasteiger partial charge on any atom is 0.123 e. The van der Waals surface area contributed by atoms with E-state index >= 15 is 0 Å². The van der Waals surface area contributed by atoms with Crippen molar-refractivity contribution in [3.8, 4) is 5.75 Å². The van der Waals surface area contributed by atoms with Gasteiger partial charge in [0, 0.05) is 24.7 Å². The minimum atomic E-state index is 0.741. The molecule has 1 aromatic carbocycles. The van der Waals surface area contributed by atoms with Crippen LogP contribution in [0.2, 0.25) is 0 Å². The van der Waals surface area contributed by atoms with E-state index in [2.05, 4.69) is 42.5 Å². The van der Waals surface area contributed by atoms with Gasteiger partial charge in [0.2, 0.25) is 0 Å². The molecule has 1 N–H and O–H groups in total. The molecule has 0 aliphatic heterocycles. The molecule has 1 saturated carbocycles. The summed E-state index contributed by atoms with van der Waals surface area (Å²) in [5.41, 5.74) is 1.26. The van der Waals surface area contributed by atoms with Crippen molar-refractivity contribution in [3.63, 3.8) is 0 Å². The number of benzene rings is 1. The van der Waals surface area contributed by atoms with E-state index in [0.29, 0.717) is 0 Å². The molecule has 2 rings (SSSR count). The summed E-state index contributed by atoms with van der Waals surface area (Å²) in [5, 5.41) is 3.52. The molecule has 0 spiro atoms. The van der Waals surface area contributed by atoms with Gasteiger partial charge in [0.1, 0.15) is 12.4 Å². The van der Waals surface area contributed by atoms with Crippen LogP contribution in [0.1, 0.15) is 18.4 Å². The summed E-state index contributed by atoms with van der Waals surface area (Å²) >= 11 is 0. The van der Waals surface area contributed by atoms with Crippen LogP contribution >= 0.6 is 0 Å². The van der Waals surface area contributed by atoms with Gasteiger partial charge in [0.25, 0.3) is 0 Å². The zero-order valence-corrected chi connectivity index (χ0v) is 10.8. The molecule has 0 atom stereocenters. The van der Waals surface area contributed by atoms with Gasteiger partial charge >= 0.3 is 0 Å². The third kappa shape index (κ3) is 4.36. The SMILES string of the molecule is CN(C)CCOc1ccccc1CNC1CC1. The molecule has 3 nitrogen and oxygen atoms in total. The number of nitrogens with one attached hydrogen (secondary N) is 1. The molecule has 1 aliphatic rings. The average molecular weight is 234 g/mol. The molecule has 0 unspecified atom stereocenters. The monoisotopic (exact) mass is 234 g/mol. The van der Waals surface area contributed by atoms with Crippen molar-refractivity contribution in [1.82, 2.24) is 10.2 Å². The van der Waals surface area contributed by atoms with Crippen LogP contribution in [0.25, 0.3) is 0 Å². The first-order chi connectivity index (χ1) is 8.25. The highest BCUT2D eigenvalue weighted by Gasteiger charge is 2.20. The predicted octanol–water partition coefficient (Wildman–Crippen LogP) is 1.88. The Morgan fingerprint density at radius 3 is 2.76 bits per heavy atom. The third-order valence-electron chi connectivity index (χ3n) is 2.93. The van der Waals surface area contributed by atoms with Crippen LogP contribution in [-0.4, -0.2) is 38.2 Å². The fraction of sp³-hybridized carbons (Fsp3) is 0.571. The lowest BCUT2D eigenvalue weighted by molar-refractivity contribution is 0.259. The summed E-state index contributed by atoms with van der Waals surface area (Å²) in [4.78, 5) is 2.13. The van der Waals surface area contributed by atoms with Crippen molar-refractivity contribution in [1.29, 1.82) is 0 Å². The van der Waals surface area contributed by atoms with Gasteiger partial charge in [-0.2, -0.15) is 0 Å². The van der Waals surface area contributed by atoms with E-state index in [0.717, 1.165) is 31.5 Å². The highest BCUT2D eigenvalue weighted by Crippen LogP contribution is 2.22. The van der Waals surface area contributed by atoms with E-state index in [1.165, 1.54) is 18.4 Å². The fourth-order valence-corrected chi connectivity index (χ4v) is 1.67. The van der Waals surface area contributed by atoms with E-state index in [9.17, 15) is 0 Å². The summed E-state index contributed by atoms with van der Waals surface area (Å²) in [6, 6.07) is 9.04. The number of nitrogens with zero attached hydrogens (tertiary/aromatic N) is 1. The van der Waals surface area contributed by atoms with E-state index in [4.69, 9.17) is 4.74 Å². The fourth-order valence-electron chi connectivity index (χ4n) is 1.67. The second kappa shape index (κ2) is 6.03. The summed E-state index contributed by atoms with van der Waals surface area (Å²) in [5.74, 6) is 1.02. The van der Waals surface area contributed by atoms with Gasteiger partial charge in [0.05, 0.1) is 0 Å². The van der Waals surface area contributed by atoms with Crippen molar-refractivity contribution in [3.05, 3.63) is 29.8 Å². The molecule has 94 valence electrons. The molecule has 3 heteroatoms. The Balaban J connectivity index is 1.85. The van der Waals surface area contributed by atoms with Gasteiger partial charge in [0.15, 0.2) is 0 Å². The van der Waals surface area contributed by atoms with Gasteiger partial charge in [-0.3, -0.25) is 0 Å². The number of ether oxygens (including phenoxy) is 1.